The van der Waals surface area contributed by atoms with E-state index in [4.69, 9.17) is 0 Å². The summed E-state index contributed by atoms with van der Waals surface area (Å²) in [6.07, 6.45) is 1.57. The number of amides is 1. The number of anilines is 1. The molecule has 8 nitrogen and oxygen atoms in total. The number of ether oxygens (including phenoxy) is 1. The number of benzene rings is 1. The smallest absolute Gasteiger partial charge is 0.405 e. The highest BCUT2D eigenvalue weighted by Gasteiger charge is 2.35. The molecule has 1 N–H and O–H groups in total. The van der Waals surface area contributed by atoms with Gasteiger partial charge in [-0.05, 0) is 25.8 Å². The van der Waals surface area contributed by atoms with Crippen molar-refractivity contribution >= 4 is 21.6 Å². The number of nitrogens with one attached hydrogen (secondary N) is 1. The number of nitrogens with zero attached hydrogens (tertiary/aromatic N) is 3. The lowest BCUT2D eigenvalue weighted by Gasteiger charge is -2.27. The molecule has 1 unspecified atom stereocenters. The summed E-state index contributed by atoms with van der Waals surface area (Å²) in [5.41, 5.74) is 0.414. The Morgan fingerprint density at radius 2 is 2.00 bits per heavy atom. The number of rotatable bonds is 7. The lowest BCUT2D eigenvalue weighted by Crippen LogP contribution is -2.32. The number of hydrogen-bond donors (Lipinski definition) is 1. The van der Waals surface area contributed by atoms with Gasteiger partial charge in [0.05, 0.1) is 18.4 Å². The summed E-state index contributed by atoms with van der Waals surface area (Å²) in [7, 11) is -3.31. The fourth-order valence-corrected chi connectivity index (χ4v) is 4.04. The van der Waals surface area contributed by atoms with Gasteiger partial charge in [-0.1, -0.05) is 24.3 Å². The van der Waals surface area contributed by atoms with E-state index in [1.165, 1.54) is 30.6 Å². The molecule has 0 radical (unpaired) electrons. The molecular weight excluding hydrogens is 461 g/mol. The van der Waals surface area contributed by atoms with Gasteiger partial charge < -0.3 is 15.0 Å². The molecule has 1 saturated heterocycles. The summed E-state index contributed by atoms with van der Waals surface area (Å²) in [6.45, 7) is 2.16. The number of aromatic nitrogens is 2. The van der Waals surface area contributed by atoms with Crippen molar-refractivity contribution in [2.24, 2.45) is 0 Å². The largest absolute Gasteiger partial charge is 0.573 e. The fraction of sp³-hybridized carbons (Fsp3) is 0.381. The Hall–Kier alpha value is -3.15. The van der Waals surface area contributed by atoms with Crippen molar-refractivity contribution in [2.45, 2.75) is 38.2 Å². The third kappa shape index (κ3) is 6.91. The number of para-hydroxylation sites is 1. The van der Waals surface area contributed by atoms with Crippen molar-refractivity contribution in [3.8, 4) is 5.75 Å². The van der Waals surface area contributed by atoms with E-state index in [0.29, 0.717) is 24.3 Å². The van der Waals surface area contributed by atoms with E-state index in [9.17, 15) is 26.4 Å². The van der Waals surface area contributed by atoms with Crippen molar-refractivity contribution in [1.29, 1.82) is 0 Å². The first-order valence-corrected chi connectivity index (χ1v) is 12.0. The topological polar surface area (TPSA) is 101 Å². The van der Waals surface area contributed by atoms with Crippen molar-refractivity contribution < 1.29 is 31.1 Å². The molecule has 0 bridgehead atoms. The van der Waals surface area contributed by atoms with Gasteiger partial charge in [0.15, 0.2) is 9.84 Å². The van der Waals surface area contributed by atoms with E-state index in [0.717, 1.165) is 18.1 Å². The third-order valence-corrected chi connectivity index (χ3v) is 5.55. The molecule has 178 valence electrons. The van der Waals surface area contributed by atoms with Gasteiger partial charge in [-0.15, -0.1) is 13.2 Å². The highest BCUT2D eigenvalue weighted by molar-refractivity contribution is 7.93. The molecule has 2 atom stereocenters. The molecule has 3 rings (SSSR count). The number of halogens is 3. The van der Waals surface area contributed by atoms with Crippen molar-refractivity contribution in [3.63, 3.8) is 0 Å². The van der Waals surface area contributed by atoms with Crippen LogP contribution in [-0.4, -0.2) is 49.5 Å². The van der Waals surface area contributed by atoms with Crippen LogP contribution in [0.2, 0.25) is 0 Å². The Kier molecular flexibility index (Phi) is 7.25. The quantitative estimate of drug-likeness (QED) is 0.643. The maximum Gasteiger partial charge on any atom is 0.573 e. The molecule has 1 fully saturated rings. The molecule has 1 aromatic carbocycles. The van der Waals surface area contributed by atoms with E-state index in [2.05, 4.69) is 20.0 Å². The minimum Gasteiger partial charge on any atom is -0.405 e. The Morgan fingerprint density at radius 3 is 2.64 bits per heavy atom. The van der Waals surface area contributed by atoms with Crippen LogP contribution in [0.3, 0.4) is 0 Å². The summed E-state index contributed by atoms with van der Waals surface area (Å²) in [5, 5.41) is 3.59. The van der Waals surface area contributed by atoms with Crippen LogP contribution in [0.5, 0.6) is 5.75 Å². The predicted octanol–water partition coefficient (Wildman–Crippen LogP) is 3.39. The fourth-order valence-electron chi connectivity index (χ4n) is 3.51. The Labute approximate surface area is 189 Å². The van der Waals surface area contributed by atoms with E-state index in [1.54, 1.807) is 19.1 Å². The zero-order valence-electron chi connectivity index (χ0n) is 17.9. The normalized spacial score (nSPS) is 17.8. The van der Waals surface area contributed by atoms with E-state index in [1.807, 2.05) is 4.90 Å². The van der Waals surface area contributed by atoms with Gasteiger partial charge in [-0.25, -0.2) is 18.4 Å². The van der Waals surface area contributed by atoms with Crippen LogP contribution < -0.4 is 15.0 Å². The van der Waals surface area contributed by atoms with Crippen molar-refractivity contribution in [1.82, 2.24) is 15.3 Å². The van der Waals surface area contributed by atoms with Crippen LogP contribution >= 0.6 is 0 Å². The third-order valence-electron chi connectivity index (χ3n) is 4.89. The zero-order valence-corrected chi connectivity index (χ0v) is 18.7. The lowest BCUT2D eigenvalue weighted by atomic mass is 10.0. The molecule has 1 aromatic heterocycles. The summed E-state index contributed by atoms with van der Waals surface area (Å²) in [4.78, 5) is 22.6. The van der Waals surface area contributed by atoms with Crippen LogP contribution in [0, 0.1) is 0 Å². The predicted molar refractivity (Wildman–Crippen MR) is 115 cm³/mol. The highest BCUT2D eigenvalue weighted by Crippen LogP contribution is 2.40. The summed E-state index contributed by atoms with van der Waals surface area (Å²) < 4.78 is 65.0. The van der Waals surface area contributed by atoms with Gasteiger partial charge in [-0.3, -0.25) is 4.79 Å². The van der Waals surface area contributed by atoms with Crippen LogP contribution in [0.4, 0.5) is 19.0 Å². The SMILES string of the molecule is C[C@H](/C=C/S(C)(=O)=O)NC(=O)c1cnc(N2CCCC2c2ccccc2OC(F)(F)F)cn1. The minimum atomic E-state index is -4.80. The Bertz CT molecular complexity index is 1120. The number of carbonyl (C=O) groups is 1. The number of sulfone groups is 1. The van der Waals surface area contributed by atoms with Gasteiger partial charge in [0.25, 0.3) is 5.91 Å². The maximum atomic E-state index is 12.8. The van der Waals surface area contributed by atoms with Gasteiger partial charge in [-0.2, -0.15) is 0 Å². The molecule has 2 aromatic rings. The summed E-state index contributed by atoms with van der Waals surface area (Å²) in [6, 6.07) is 5.04. The van der Waals surface area contributed by atoms with E-state index < -0.39 is 34.2 Å². The first kappa shape index (κ1) is 24.5. The molecule has 0 spiro atoms. The number of carbonyl (C=O) groups excluding carboxylic acids is 1. The number of alkyl halides is 3. The second-order valence-electron chi connectivity index (χ2n) is 7.62. The first-order chi connectivity index (χ1) is 15.4. The standard InChI is InChI=1S/C21H23F3N4O4S/c1-14(9-11-33(2,30)31)27-20(29)16-12-26-19(13-25-16)28-10-5-7-17(28)15-6-3-4-8-18(15)32-21(22,23)24/h3-4,6,8-9,11-14,17H,5,7,10H2,1-2H3,(H,27,29)/b11-9+/t14-,17?/m1/s1. The molecule has 1 aliphatic rings. The molecule has 0 aliphatic carbocycles. The molecule has 12 heteroatoms. The minimum absolute atomic E-state index is 0.0231. The summed E-state index contributed by atoms with van der Waals surface area (Å²) in [5.74, 6) is -0.385. The van der Waals surface area contributed by atoms with Gasteiger partial charge in [0.2, 0.25) is 0 Å². The molecule has 33 heavy (non-hydrogen) atoms. The first-order valence-electron chi connectivity index (χ1n) is 10.1. The van der Waals surface area contributed by atoms with Crippen LogP contribution in [0.25, 0.3) is 0 Å². The monoisotopic (exact) mass is 484 g/mol. The average molecular weight is 485 g/mol. The second kappa shape index (κ2) is 9.77. The van der Waals surface area contributed by atoms with E-state index >= 15 is 0 Å². The zero-order chi connectivity index (χ0) is 24.2. The average Bonchev–Trinajstić information content (AvgIpc) is 3.21. The van der Waals surface area contributed by atoms with Crippen LogP contribution in [0.1, 0.15) is 41.9 Å². The Balaban J connectivity index is 1.74. The lowest BCUT2D eigenvalue weighted by molar-refractivity contribution is -0.275. The number of hydrogen-bond acceptors (Lipinski definition) is 7. The molecule has 2 heterocycles. The van der Waals surface area contributed by atoms with Crippen LogP contribution in [-0.2, 0) is 9.84 Å². The van der Waals surface area contributed by atoms with E-state index in [-0.39, 0.29) is 11.4 Å². The summed E-state index contributed by atoms with van der Waals surface area (Å²) >= 11 is 0. The maximum absolute atomic E-state index is 12.8. The van der Waals surface area contributed by atoms with Gasteiger partial charge in [0.1, 0.15) is 17.3 Å². The van der Waals surface area contributed by atoms with Crippen molar-refractivity contribution in [3.05, 3.63) is 59.4 Å². The van der Waals surface area contributed by atoms with Gasteiger partial charge in [0, 0.05) is 29.8 Å². The molecule has 0 saturated carbocycles. The highest BCUT2D eigenvalue weighted by atomic mass is 32.2. The molecule has 1 aliphatic heterocycles. The molecule has 1 amide bonds. The van der Waals surface area contributed by atoms with Gasteiger partial charge >= 0.3 is 6.36 Å². The van der Waals surface area contributed by atoms with Crippen molar-refractivity contribution in [2.75, 3.05) is 17.7 Å². The Morgan fingerprint density at radius 1 is 1.27 bits per heavy atom. The van der Waals surface area contributed by atoms with Crippen LogP contribution in [0.15, 0.2) is 48.1 Å². The molecular formula is C21H23F3N4O4S. The second-order valence-corrected chi connectivity index (χ2v) is 9.55.